The third kappa shape index (κ3) is 4.31. The molecule has 0 aliphatic heterocycles. The molecule has 0 bridgehead atoms. The average Bonchev–Trinajstić information content (AvgIpc) is 2.78. The van der Waals surface area contributed by atoms with Crippen molar-refractivity contribution in [3.8, 4) is 0 Å². The fourth-order valence-electron chi connectivity index (χ4n) is 1.76. The van der Waals surface area contributed by atoms with Crippen LogP contribution < -0.4 is 5.32 Å². The molecule has 0 aliphatic rings. The standard InChI is InChI=1S/C13H24N2O4S/c1-5-6-14-10-12-9-13(11(2)19-12)20(16,17)15(3)7-8-18-4/h9,14H,5-8,10H2,1-4H3. The summed E-state index contributed by atoms with van der Waals surface area (Å²) in [6, 6.07) is 1.59. The Kier molecular flexibility index (Phi) is 6.67. The number of sulfonamides is 1. The summed E-state index contributed by atoms with van der Waals surface area (Å²) >= 11 is 0. The van der Waals surface area contributed by atoms with E-state index in [4.69, 9.17) is 9.15 Å². The van der Waals surface area contributed by atoms with Gasteiger partial charge in [-0.25, -0.2) is 8.42 Å². The third-order valence-corrected chi connectivity index (χ3v) is 4.91. The third-order valence-electron chi connectivity index (χ3n) is 2.95. The van der Waals surface area contributed by atoms with Gasteiger partial charge in [-0.15, -0.1) is 0 Å². The number of furan rings is 1. The molecule has 0 aliphatic carbocycles. The molecule has 0 atom stereocenters. The molecule has 1 N–H and O–H groups in total. The van der Waals surface area contributed by atoms with Crippen molar-refractivity contribution in [1.29, 1.82) is 0 Å². The minimum atomic E-state index is -3.52. The maximum absolute atomic E-state index is 12.4. The van der Waals surface area contributed by atoms with Crippen molar-refractivity contribution < 1.29 is 17.6 Å². The van der Waals surface area contributed by atoms with E-state index in [1.54, 1.807) is 20.1 Å². The van der Waals surface area contributed by atoms with Crippen LogP contribution in [0, 0.1) is 6.92 Å². The monoisotopic (exact) mass is 304 g/mol. The predicted molar refractivity (Wildman–Crippen MR) is 77.1 cm³/mol. The molecule has 6 nitrogen and oxygen atoms in total. The van der Waals surface area contributed by atoms with Crippen LogP contribution in [0.5, 0.6) is 0 Å². The highest BCUT2D eigenvalue weighted by Gasteiger charge is 2.25. The van der Waals surface area contributed by atoms with Crippen molar-refractivity contribution in [3.05, 3.63) is 17.6 Å². The summed E-state index contributed by atoms with van der Waals surface area (Å²) in [5.41, 5.74) is 0. The Bertz CT molecular complexity index is 510. The van der Waals surface area contributed by atoms with Gasteiger partial charge in [0.25, 0.3) is 0 Å². The van der Waals surface area contributed by atoms with E-state index in [1.165, 1.54) is 11.4 Å². The Morgan fingerprint density at radius 1 is 1.45 bits per heavy atom. The highest BCUT2D eigenvalue weighted by Crippen LogP contribution is 2.22. The molecule has 7 heteroatoms. The van der Waals surface area contributed by atoms with Gasteiger partial charge in [-0.3, -0.25) is 0 Å². The van der Waals surface area contributed by atoms with E-state index in [1.807, 2.05) is 0 Å². The van der Waals surface area contributed by atoms with Gasteiger partial charge in [-0.1, -0.05) is 6.92 Å². The smallest absolute Gasteiger partial charge is 0.246 e. The van der Waals surface area contributed by atoms with Crippen LogP contribution in [0.4, 0.5) is 0 Å². The Labute approximate surface area is 121 Å². The number of hydrogen-bond acceptors (Lipinski definition) is 5. The first-order chi connectivity index (χ1) is 9.43. The second-order valence-corrected chi connectivity index (χ2v) is 6.64. The first kappa shape index (κ1) is 17.2. The molecule has 116 valence electrons. The zero-order chi connectivity index (χ0) is 15.2. The lowest BCUT2D eigenvalue weighted by Crippen LogP contribution is -2.30. The zero-order valence-corrected chi connectivity index (χ0v) is 13.4. The highest BCUT2D eigenvalue weighted by molar-refractivity contribution is 7.89. The van der Waals surface area contributed by atoms with Gasteiger partial charge < -0.3 is 14.5 Å². The van der Waals surface area contributed by atoms with Crippen molar-refractivity contribution in [2.24, 2.45) is 0 Å². The lowest BCUT2D eigenvalue weighted by Gasteiger charge is -2.15. The maximum Gasteiger partial charge on any atom is 0.246 e. The van der Waals surface area contributed by atoms with Crippen LogP contribution in [0.2, 0.25) is 0 Å². The zero-order valence-electron chi connectivity index (χ0n) is 12.6. The molecule has 1 rings (SSSR count). The van der Waals surface area contributed by atoms with Gasteiger partial charge in [0.2, 0.25) is 10.0 Å². The fourth-order valence-corrected chi connectivity index (χ4v) is 3.10. The number of nitrogens with one attached hydrogen (secondary N) is 1. The number of likely N-dealkylation sites (N-methyl/N-ethyl adjacent to an activating group) is 1. The first-order valence-corrected chi connectivity index (χ1v) is 8.12. The summed E-state index contributed by atoms with van der Waals surface area (Å²) in [6.45, 7) is 5.81. The van der Waals surface area contributed by atoms with Crippen LogP contribution in [-0.2, 0) is 21.3 Å². The van der Waals surface area contributed by atoms with E-state index in [-0.39, 0.29) is 4.90 Å². The quantitative estimate of drug-likeness (QED) is 0.697. The minimum absolute atomic E-state index is 0.226. The summed E-state index contributed by atoms with van der Waals surface area (Å²) in [4.78, 5) is 0.226. The number of rotatable bonds is 9. The van der Waals surface area contributed by atoms with Crippen molar-refractivity contribution in [3.63, 3.8) is 0 Å². The second kappa shape index (κ2) is 7.78. The number of aryl methyl sites for hydroxylation is 1. The lowest BCUT2D eigenvalue weighted by molar-refractivity contribution is 0.185. The van der Waals surface area contributed by atoms with Crippen LogP contribution in [0.3, 0.4) is 0 Å². The van der Waals surface area contributed by atoms with Crippen molar-refractivity contribution >= 4 is 10.0 Å². The minimum Gasteiger partial charge on any atom is -0.464 e. The van der Waals surface area contributed by atoms with Gasteiger partial charge in [0.1, 0.15) is 16.4 Å². The molecule has 0 saturated carbocycles. The fraction of sp³-hybridized carbons (Fsp3) is 0.692. The van der Waals surface area contributed by atoms with E-state index >= 15 is 0 Å². The van der Waals surface area contributed by atoms with Gasteiger partial charge in [0.15, 0.2) is 0 Å². The van der Waals surface area contributed by atoms with Crippen LogP contribution in [-0.4, -0.2) is 46.6 Å². The molecule has 0 aromatic carbocycles. The Morgan fingerprint density at radius 2 is 2.15 bits per heavy atom. The average molecular weight is 304 g/mol. The summed E-state index contributed by atoms with van der Waals surface area (Å²) in [5.74, 6) is 1.05. The van der Waals surface area contributed by atoms with Gasteiger partial charge in [-0.05, 0) is 19.9 Å². The summed E-state index contributed by atoms with van der Waals surface area (Å²) in [6.07, 6.45) is 1.02. The number of hydrogen-bond donors (Lipinski definition) is 1. The van der Waals surface area contributed by atoms with Crippen LogP contribution in [0.25, 0.3) is 0 Å². The Balaban J connectivity index is 2.84. The first-order valence-electron chi connectivity index (χ1n) is 6.68. The maximum atomic E-state index is 12.4. The second-order valence-electron chi connectivity index (χ2n) is 4.63. The normalized spacial score (nSPS) is 12.2. The number of methoxy groups -OCH3 is 1. The molecule has 0 spiro atoms. The number of nitrogens with zero attached hydrogens (tertiary/aromatic N) is 1. The van der Waals surface area contributed by atoms with E-state index < -0.39 is 10.0 Å². The van der Waals surface area contributed by atoms with Crippen molar-refractivity contribution in [1.82, 2.24) is 9.62 Å². The molecule has 1 aromatic heterocycles. The lowest BCUT2D eigenvalue weighted by atomic mass is 10.4. The Hall–Kier alpha value is -0.890. The summed E-state index contributed by atoms with van der Waals surface area (Å²) in [7, 11) is -0.440. The largest absolute Gasteiger partial charge is 0.464 e. The molecule has 0 radical (unpaired) electrons. The summed E-state index contributed by atoms with van der Waals surface area (Å²) in [5, 5.41) is 3.18. The molecule has 1 heterocycles. The summed E-state index contributed by atoms with van der Waals surface area (Å²) < 4.78 is 36.5. The molecule has 0 unspecified atom stereocenters. The van der Waals surface area contributed by atoms with Crippen molar-refractivity contribution in [2.45, 2.75) is 31.7 Å². The van der Waals surface area contributed by atoms with E-state index in [0.717, 1.165) is 13.0 Å². The molecule has 0 saturated heterocycles. The molecule has 0 fully saturated rings. The predicted octanol–water partition coefficient (Wildman–Crippen LogP) is 1.35. The topological polar surface area (TPSA) is 71.8 Å². The molecule has 20 heavy (non-hydrogen) atoms. The molecular weight excluding hydrogens is 280 g/mol. The Morgan fingerprint density at radius 3 is 2.75 bits per heavy atom. The van der Waals surface area contributed by atoms with Crippen LogP contribution in [0.15, 0.2) is 15.4 Å². The van der Waals surface area contributed by atoms with E-state index in [9.17, 15) is 8.42 Å². The van der Waals surface area contributed by atoms with Crippen LogP contribution in [0.1, 0.15) is 24.9 Å². The van der Waals surface area contributed by atoms with Crippen LogP contribution >= 0.6 is 0 Å². The van der Waals surface area contributed by atoms with Crippen molar-refractivity contribution in [2.75, 3.05) is 33.9 Å². The molecule has 0 amide bonds. The van der Waals surface area contributed by atoms with Gasteiger partial charge in [0, 0.05) is 26.8 Å². The number of ether oxygens (including phenoxy) is 1. The van der Waals surface area contributed by atoms with Gasteiger partial charge in [0.05, 0.1) is 13.2 Å². The van der Waals surface area contributed by atoms with Gasteiger partial charge >= 0.3 is 0 Å². The van der Waals surface area contributed by atoms with E-state index in [2.05, 4.69) is 12.2 Å². The van der Waals surface area contributed by atoms with Gasteiger partial charge in [-0.2, -0.15) is 4.31 Å². The molecule has 1 aromatic rings. The van der Waals surface area contributed by atoms with E-state index in [0.29, 0.717) is 31.2 Å². The molecular formula is C13H24N2O4S. The SMILES string of the molecule is CCCNCc1cc(S(=O)(=O)N(C)CCOC)c(C)o1. The highest BCUT2D eigenvalue weighted by atomic mass is 32.2.